The molecule has 0 aliphatic rings. The van der Waals surface area contributed by atoms with E-state index in [0.717, 1.165) is 19.1 Å². The van der Waals surface area contributed by atoms with E-state index >= 15 is 0 Å². The van der Waals surface area contributed by atoms with Crippen molar-refractivity contribution >= 4 is 17.7 Å². The van der Waals surface area contributed by atoms with Gasteiger partial charge in [0.2, 0.25) is 5.92 Å². The molecule has 0 aliphatic carbocycles. The number of hydrogen-bond acceptors (Lipinski definition) is 3. The van der Waals surface area contributed by atoms with Gasteiger partial charge in [0.05, 0.1) is 0 Å². The van der Waals surface area contributed by atoms with Gasteiger partial charge in [-0.3, -0.25) is 4.79 Å². The van der Waals surface area contributed by atoms with Crippen LogP contribution < -0.4 is 0 Å². The SMILES string of the molecule is CC(=O)OC(C)(C)CSCCCCC(C)(F)F. The fourth-order valence-electron chi connectivity index (χ4n) is 1.38. The van der Waals surface area contributed by atoms with Crippen LogP contribution in [0.4, 0.5) is 8.78 Å². The predicted molar refractivity (Wildman–Crippen MR) is 67.6 cm³/mol. The first-order valence-corrected chi connectivity index (χ1v) is 6.93. The standard InChI is InChI=1S/C12H22F2O2S/c1-10(15)16-11(2,3)9-17-8-6-5-7-12(4,13)14/h5-9H2,1-4H3. The van der Waals surface area contributed by atoms with Gasteiger partial charge >= 0.3 is 5.97 Å². The number of esters is 1. The third-order valence-electron chi connectivity index (χ3n) is 2.02. The number of ether oxygens (including phenoxy) is 1. The molecule has 0 radical (unpaired) electrons. The quantitative estimate of drug-likeness (QED) is 0.493. The van der Waals surface area contributed by atoms with Gasteiger partial charge in [0.1, 0.15) is 5.60 Å². The van der Waals surface area contributed by atoms with Crippen molar-refractivity contribution in [2.45, 2.75) is 58.5 Å². The minimum Gasteiger partial charge on any atom is -0.459 e. The second kappa shape index (κ2) is 7.19. The maximum absolute atomic E-state index is 12.5. The van der Waals surface area contributed by atoms with Crippen molar-refractivity contribution in [2.24, 2.45) is 0 Å². The van der Waals surface area contributed by atoms with Gasteiger partial charge in [0.15, 0.2) is 0 Å². The van der Waals surface area contributed by atoms with Crippen molar-refractivity contribution < 1.29 is 18.3 Å². The first-order valence-electron chi connectivity index (χ1n) is 5.77. The molecule has 0 aliphatic heterocycles. The van der Waals surface area contributed by atoms with E-state index < -0.39 is 11.5 Å². The molecule has 0 unspecified atom stereocenters. The van der Waals surface area contributed by atoms with E-state index in [1.807, 2.05) is 13.8 Å². The molecule has 5 heteroatoms. The summed E-state index contributed by atoms with van der Waals surface area (Å²) in [6, 6.07) is 0. The molecule has 0 aromatic rings. The zero-order valence-electron chi connectivity index (χ0n) is 11.0. The fraction of sp³-hybridized carbons (Fsp3) is 0.917. The Kier molecular flexibility index (Phi) is 7.05. The third-order valence-corrected chi connectivity index (χ3v) is 3.50. The van der Waals surface area contributed by atoms with E-state index in [1.165, 1.54) is 6.92 Å². The van der Waals surface area contributed by atoms with Crippen molar-refractivity contribution in [1.29, 1.82) is 0 Å². The molecule has 0 fully saturated rings. The molecular formula is C12H22F2O2S. The number of unbranched alkanes of at least 4 members (excludes halogenated alkanes) is 1. The highest BCUT2D eigenvalue weighted by molar-refractivity contribution is 7.99. The lowest BCUT2D eigenvalue weighted by Crippen LogP contribution is -2.29. The van der Waals surface area contributed by atoms with Crippen LogP contribution >= 0.6 is 11.8 Å². The smallest absolute Gasteiger partial charge is 0.303 e. The van der Waals surface area contributed by atoms with Crippen LogP contribution in [-0.4, -0.2) is 29.0 Å². The largest absolute Gasteiger partial charge is 0.459 e. The van der Waals surface area contributed by atoms with Crippen LogP contribution in [0, 0.1) is 0 Å². The molecule has 0 saturated heterocycles. The molecule has 0 saturated carbocycles. The third kappa shape index (κ3) is 11.9. The van der Waals surface area contributed by atoms with Crippen molar-refractivity contribution in [3.05, 3.63) is 0 Å². The van der Waals surface area contributed by atoms with Crippen molar-refractivity contribution in [2.75, 3.05) is 11.5 Å². The van der Waals surface area contributed by atoms with Crippen LogP contribution in [0.2, 0.25) is 0 Å². The summed E-state index contributed by atoms with van der Waals surface area (Å²) in [7, 11) is 0. The lowest BCUT2D eigenvalue weighted by molar-refractivity contribution is -0.151. The number of rotatable bonds is 8. The number of alkyl halides is 2. The zero-order chi connectivity index (χ0) is 13.5. The number of carbonyl (C=O) groups excluding carboxylic acids is 1. The van der Waals surface area contributed by atoms with Gasteiger partial charge in [-0.2, -0.15) is 11.8 Å². The van der Waals surface area contributed by atoms with Gasteiger partial charge in [-0.05, 0) is 39.4 Å². The van der Waals surface area contributed by atoms with Gasteiger partial charge in [-0.15, -0.1) is 0 Å². The molecule has 0 atom stereocenters. The molecular weight excluding hydrogens is 246 g/mol. The summed E-state index contributed by atoms with van der Waals surface area (Å²) in [5.41, 5.74) is -0.481. The number of hydrogen-bond donors (Lipinski definition) is 0. The Hall–Kier alpha value is -0.320. The van der Waals surface area contributed by atoms with E-state index in [-0.39, 0.29) is 12.4 Å². The average molecular weight is 268 g/mol. The average Bonchev–Trinajstić information content (AvgIpc) is 2.06. The zero-order valence-corrected chi connectivity index (χ0v) is 11.8. The Morgan fingerprint density at radius 2 is 1.82 bits per heavy atom. The first kappa shape index (κ1) is 16.7. The molecule has 102 valence electrons. The topological polar surface area (TPSA) is 26.3 Å². The number of carbonyl (C=O) groups is 1. The molecule has 0 aromatic heterocycles. The Morgan fingerprint density at radius 3 is 2.29 bits per heavy atom. The molecule has 0 amide bonds. The second-order valence-electron chi connectivity index (χ2n) is 4.93. The van der Waals surface area contributed by atoms with Crippen molar-refractivity contribution in [1.82, 2.24) is 0 Å². The first-order chi connectivity index (χ1) is 7.62. The van der Waals surface area contributed by atoms with Gasteiger partial charge in [0.25, 0.3) is 0 Å². The van der Waals surface area contributed by atoms with Crippen LogP contribution in [-0.2, 0) is 9.53 Å². The molecule has 2 nitrogen and oxygen atoms in total. The minimum absolute atomic E-state index is 0.0547. The van der Waals surface area contributed by atoms with Gasteiger partial charge in [0, 0.05) is 19.1 Å². The normalized spacial score (nSPS) is 12.6. The van der Waals surface area contributed by atoms with Crippen LogP contribution in [0.3, 0.4) is 0 Å². The van der Waals surface area contributed by atoms with Crippen LogP contribution in [0.15, 0.2) is 0 Å². The van der Waals surface area contributed by atoms with Gasteiger partial charge in [-0.1, -0.05) is 0 Å². The molecule has 17 heavy (non-hydrogen) atoms. The maximum atomic E-state index is 12.5. The van der Waals surface area contributed by atoms with E-state index in [0.29, 0.717) is 12.2 Å². The fourth-order valence-corrected chi connectivity index (χ4v) is 2.48. The predicted octanol–water partition coefficient (Wildman–Crippen LogP) is 3.89. The van der Waals surface area contributed by atoms with Crippen molar-refractivity contribution in [3.63, 3.8) is 0 Å². The molecule has 0 rings (SSSR count). The van der Waals surface area contributed by atoms with Crippen molar-refractivity contribution in [3.8, 4) is 0 Å². The van der Waals surface area contributed by atoms with E-state index in [9.17, 15) is 13.6 Å². The Morgan fingerprint density at radius 1 is 1.24 bits per heavy atom. The lowest BCUT2D eigenvalue weighted by Gasteiger charge is -2.23. The summed E-state index contributed by atoms with van der Waals surface area (Å²) >= 11 is 1.63. The Labute approximate surface area is 106 Å². The maximum Gasteiger partial charge on any atom is 0.303 e. The highest BCUT2D eigenvalue weighted by Gasteiger charge is 2.21. The highest BCUT2D eigenvalue weighted by Crippen LogP contribution is 2.22. The summed E-state index contributed by atoms with van der Waals surface area (Å²) in [6.07, 6.45) is 1.25. The summed E-state index contributed by atoms with van der Waals surface area (Å²) < 4.78 is 30.1. The Balaban J connectivity index is 3.54. The second-order valence-corrected chi connectivity index (χ2v) is 6.04. The summed E-state index contributed by atoms with van der Waals surface area (Å²) in [6.45, 7) is 6.03. The minimum atomic E-state index is -2.55. The number of halogens is 2. The monoisotopic (exact) mass is 268 g/mol. The summed E-state index contributed by atoms with van der Waals surface area (Å²) in [5.74, 6) is -1.33. The van der Waals surface area contributed by atoms with Crippen LogP contribution in [0.1, 0.15) is 47.0 Å². The van der Waals surface area contributed by atoms with Crippen LogP contribution in [0.25, 0.3) is 0 Å². The van der Waals surface area contributed by atoms with E-state index in [1.54, 1.807) is 11.8 Å². The number of thioether (sulfide) groups is 1. The van der Waals surface area contributed by atoms with Gasteiger partial charge < -0.3 is 4.74 Å². The summed E-state index contributed by atoms with van der Waals surface area (Å²) in [4.78, 5) is 10.8. The molecule has 0 spiro atoms. The molecule has 0 bridgehead atoms. The lowest BCUT2D eigenvalue weighted by atomic mass is 10.2. The molecule has 0 aromatic carbocycles. The molecule has 0 N–H and O–H groups in total. The summed E-state index contributed by atoms with van der Waals surface area (Å²) in [5, 5.41) is 0. The molecule has 0 heterocycles. The van der Waals surface area contributed by atoms with E-state index in [2.05, 4.69) is 0 Å². The Bertz CT molecular complexity index is 237. The van der Waals surface area contributed by atoms with Gasteiger partial charge in [-0.25, -0.2) is 8.78 Å². The van der Waals surface area contributed by atoms with E-state index in [4.69, 9.17) is 4.74 Å². The van der Waals surface area contributed by atoms with Crippen LogP contribution in [0.5, 0.6) is 0 Å². The highest BCUT2D eigenvalue weighted by atomic mass is 32.2.